The van der Waals surface area contributed by atoms with E-state index in [0.717, 1.165) is 37.8 Å². The van der Waals surface area contributed by atoms with Gasteiger partial charge in [-0.1, -0.05) is 45.4 Å². The van der Waals surface area contributed by atoms with Gasteiger partial charge in [0.2, 0.25) is 5.91 Å². The van der Waals surface area contributed by atoms with Gasteiger partial charge in [-0.2, -0.15) is 0 Å². The van der Waals surface area contributed by atoms with Crippen molar-refractivity contribution < 1.29 is 73.5 Å². The number of thiazole rings is 1. The molecule has 8 N–H and O–H groups in total. The lowest BCUT2D eigenvalue weighted by Gasteiger charge is -2.49. The van der Waals surface area contributed by atoms with E-state index >= 15 is 0 Å². The van der Waals surface area contributed by atoms with Crippen LogP contribution >= 0.6 is 11.3 Å². The smallest absolute Gasteiger partial charge is 0.332 e. The van der Waals surface area contributed by atoms with E-state index in [9.17, 15) is 49.8 Å². The average molecular weight is 858 g/mol. The number of carboxylic acids is 1. The summed E-state index contributed by atoms with van der Waals surface area (Å²) in [7, 11) is 0. The number of nitrogens with one attached hydrogen (secondary N) is 2. The molecule has 0 bridgehead atoms. The molecule has 6 unspecified atom stereocenters. The number of nitrogens with zero attached hydrogens (tertiary/aromatic N) is 1. The maximum absolute atomic E-state index is 13.9. The Bertz CT molecular complexity index is 1550. The summed E-state index contributed by atoms with van der Waals surface area (Å²) in [6.07, 6.45) is -9.86. The van der Waals surface area contributed by atoms with Crippen LogP contribution in [0.25, 0.3) is 0 Å². The molecule has 4 fully saturated rings. The molecule has 59 heavy (non-hydrogen) atoms. The molecule has 5 rings (SSSR count). The van der Waals surface area contributed by atoms with Gasteiger partial charge in [0.15, 0.2) is 23.7 Å². The molecule has 1 aromatic heterocycles. The van der Waals surface area contributed by atoms with Gasteiger partial charge < -0.3 is 65.0 Å². The van der Waals surface area contributed by atoms with Crippen molar-refractivity contribution >= 4 is 34.9 Å². The number of aliphatic hydroxyl groups is 5. The van der Waals surface area contributed by atoms with Gasteiger partial charge in [-0.25, -0.2) is 9.78 Å². The maximum Gasteiger partial charge on any atom is 0.332 e. The van der Waals surface area contributed by atoms with Crippen molar-refractivity contribution in [2.45, 2.75) is 178 Å². The van der Waals surface area contributed by atoms with Crippen LogP contribution in [0.3, 0.4) is 0 Å². The molecule has 0 radical (unpaired) electrons. The normalized spacial score (nSPS) is 36.1. The minimum atomic E-state index is -1.65. The topological polar surface area (TPSA) is 273 Å². The molecule has 2 aliphatic carbocycles. The third-order valence-corrected chi connectivity index (χ3v) is 13.1. The number of carbonyl (C=O) groups excluding carboxylic acids is 3. The number of ketones is 1. The van der Waals surface area contributed by atoms with Crippen molar-refractivity contribution in [3.05, 3.63) is 16.1 Å². The van der Waals surface area contributed by atoms with Crippen molar-refractivity contribution in [3.63, 3.8) is 0 Å². The zero-order valence-electron chi connectivity index (χ0n) is 34.2. The molecule has 2 saturated heterocycles. The SMILES string of the molecule is CC[C@@H]1CC(C(=O)CCCNC(=O)c2nc(C)cs2)C[C@@H](O[C@@H]2O[C@@H](CO)[C@H](O)C(O[C@@H](CC3CCCCC3)C(=O)O)C2NC(C)=O)C1OC1O[C@@H](C)C(O)[C@H](O)[C@@H]1O. The summed E-state index contributed by atoms with van der Waals surface area (Å²) in [5.74, 6) is -3.13. The number of hydrogen-bond acceptors (Lipinski definition) is 16. The standard InChI is InChI=1S/C40H63N3O15S/c1-5-23-15-24(25(46)12-9-13-41-36(51)37-42-19(2)18-59-37)16-26(34(23)58-40-33(50)32(49)30(47)20(3)54-40)56-39-29(43-21(4)45)35(31(48)28(17-44)57-39)55-27(38(52)53)14-22-10-7-6-8-11-22/h18,20,22-24,26-35,39-40,44,47-50H,5-17H2,1-4H3,(H,41,51)(H,43,45)(H,52,53)/t20-,23+,24?,26+,27-,28-,29?,30?,31-,32-,33-,34?,35?,39+,40?/m0/s1. The first-order valence-electron chi connectivity index (χ1n) is 20.9. The number of aliphatic carboxylic acids is 1. The fourth-order valence-corrected chi connectivity index (χ4v) is 9.54. The molecule has 19 heteroatoms. The first kappa shape index (κ1) is 47.4. The molecule has 2 saturated carbocycles. The van der Waals surface area contributed by atoms with Gasteiger partial charge in [0, 0.05) is 36.9 Å². The van der Waals surface area contributed by atoms with Crippen LogP contribution < -0.4 is 10.6 Å². The van der Waals surface area contributed by atoms with Crippen molar-refractivity contribution in [3.8, 4) is 0 Å². The lowest BCUT2D eigenvalue weighted by atomic mass is 9.74. The molecule has 334 valence electrons. The monoisotopic (exact) mass is 857 g/mol. The summed E-state index contributed by atoms with van der Waals surface area (Å²) in [6, 6.07) is -1.30. The molecule has 18 nitrogen and oxygen atoms in total. The van der Waals surface area contributed by atoms with Crippen LogP contribution in [0.1, 0.15) is 107 Å². The number of aliphatic hydroxyl groups excluding tert-OH is 5. The second-order valence-electron chi connectivity index (χ2n) is 16.5. The lowest BCUT2D eigenvalue weighted by Crippen LogP contribution is -2.67. The molecule has 0 spiro atoms. The van der Waals surface area contributed by atoms with Crippen LogP contribution in [0.4, 0.5) is 0 Å². The summed E-state index contributed by atoms with van der Waals surface area (Å²) in [5.41, 5.74) is 0.734. The molecule has 2 amide bonds. The fraction of sp³-hybridized carbons (Fsp3) is 0.825. The Morgan fingerprint density at radius 1 is 0.966 bits per heavy atom. The number of carbonyl (C=O) groups is 4. The van der Waals surface area contributed by atoms with Gasteiger partial charge in [0.05, 0.1) is 24.9 Å². The Morgan fingerprint density at radius 3 is 2.32 bits per heavy atom. The Kier molecular flexibility index (Phi) is 17.6. The van der Waals surface area contributed by atoms with Crippen LogP contribution in [-0.4, -0.2) is 152 Å². The van der Waals surface area contributed by atoms with Gasteiger partial charge in [-0.05, 0) is 51.4 Å². The van der Waals surface area contributed by atoms with E-state index in [0.29, 0.717) is 24.3 Å². The first-order valence-corrected chi connectivity index (χ1v) is 21.8. The third kappa shape index (κ3) is 12.2. The number of amides is 2. The van der Waals surface area contributed by atoms with Crippen LogP contribution in [0.5, 0.6) is 0 Å². The minimum absolute atomic E-state index is 0.0538. The quantitative estimate of drug-likeness (QED) is 0.0955. The molecule has 3 heterocycles. The summed E-state index contributed by atoms with van der Waals surface area (Å²) in [5, 5.41) is 71.5. The zero-order valence-corrected chi connectivity index (χ0v) is 35.0. The fourth-order valence-electron chi connectivity index (χ4n) is 8.83. The summed E-state index contributed by atoms with van der Waals surface area (Å²) in [4.78, 5) is 55.9. The van der Waals surface area contributed by atoms with E-state index in [4.69, 9.17) is 23.7 Å². The molecule has 15 atom stereocenters. The largest absolute Gasteiger partial charge is 0.479 e. The minimum Gasteiger partial charge on any atom is -0.479 e. The Balaban J connectivity index is 1.39. The summed E-state index contributed by atoms with van der Waals surface area (Å²) >= 11 is 1.23. The van der Waals surface area contributed by atoms with Crippen LogP contribution in [0.15, 0.2) is 5.38 Å². The number of aryl methyl sites for hydroxylation is 1. The number of aromatic nitrogens is 1. The zero-order chi connectivity index (χ0) is 43.0. The molecule has 1 aromatic rings. The number of carboxylic acid groups (broad SMARTS) is 1. The van der Waals surface area contributed by atoms with Crippen molar-refractivity contribution in [1.82, 2.24) is 15.6 Å². The Hall–Kier alpha value is -2.69. The van der Waals surface area contributed by atoms with Crippen LogP contribution in [-0.2, 0) is 38.1 Å². The number of Topliss-reactive ketones (excluding diaryl/α,β-unsaturated/α-hetero) is 1. The number of hydrogen-bond donors (Lipinski definition) is 8. The lowest BCUT2D eigenvalue weighted by molar-refractivity contribution is -0.338. The van der Waals surface area contributed by atoms with Crippen LogP contribution in [0, 0.1) is 24.7 Å². The summed E-state index contributed by atoms with van der Waals surface area (Å²) in [6.45, 7) is 5.95. The molecule has 2 aliphatic heterocycles. The van der Waals surface area contributed by atoms with Crippen molar-refractivity contribution in [2.24, 2.45) is 17.8 Å². The second kappa shape index (κ2) is 21.9. The highest BCUT2D eigenvalue weighted by Gasteiger charge is 2.52. The third-order valence-electron chi connectivity index (χ3n) is 12.1. The Labute approximate surface area is 348 Å². The van der Waals surface area contributed by atoms with E-state index in [2.05, 4.69) is 15.6 Å². The predicted molar refractivity (Wildman–Crippen MR) is 209 cm³/mol. The van der Waals surface area contributed by atoms with Gasteiger partial charge in [0.1, 0.15) is 48.4 Å². The summed E-state index contributed by atoms with van der Waals surface area (Å²) < 4.78 is 31.1. The van der Waals surface area contributed by atoms with Crippen molar-refractivity contribution in [2.75, 3.05) is 13.2 Å². The van der Waals surface area contributed by atoms with E-state index < -0.39 is 110 Å². The van der Waals surface area contributed by atoms with Gasteiger partial charge in [-0.15, -0.1) is 11.3 Å². The first-order chi connectivity index (χ1) is 28.1. The van der Waals surface area contributed by atoms with E-state index in [-0.39, 0.29) is 43.4 Å². The average Bonchev–Trinajstić information content (AvgIpc) is 3.66. The molecule has 0 aromatic carbocycles. The highest BCUT2D eigenvalue weighted by Crippen LogP contribution is 2.40. The molecule has 4 aliphatic rings. The number of rotatable bonds is 18. The van der Waals surface area contributed by atoms with Gasteiger partial charge >= 0.3 is 5.97 Å². The molecular formula is C40H63N3O15S. The van der Waals surface area contributed by atoms with E-state index in [1.807, 2.05) is 6.92 Å². The number of ether oxygens (including phenoxy) is 5. The van der Waals surface area contributed by atoms with Crippen LogP contribution in [0.2, 0.25) is 0 Å². The molecular weight excluding hydrogens is 795 g/mol. The van der Waals surface area contributed by atoms with Gasteiger partial charge in [-0.3, -0.25) is 14.4 Å². The predicted octanol–water partition coefficient (Wildman–Crippen LogP) is 0.956. The van der Waals surface area contributed by atoms with E-state index in [1.54, 1.807) is 12.3 Å². The maximum atomic E-state index is 13.9. The van der Waals surface area contributed by atoms with E-state index in [1.165, 1.54) is 25.2 Å². The highest BCUT2D eigenvalue weighted by atomic mass is 32.1. The highest BCUT2D eigenvalue weighted by molar-refractivity contribution is 7.11. The second-order valence-corrected chi connectivity index (χ2v) is 17.4. The Morgan fingerprint density at radius 2 is 1.69 bits per heavy atom. The van der Waals surface area contributed by atoms with Gasteiger partial charge in [0.25, 0.3) is 5.91 Å². The van der Waals surface area contributed by atoms with Crippen molar-refractivity contribution in [1.29, 1.82) is 0 Å².